The second-order valence-electron chi connectivity index (χ2n) is 7.56. The molecule has 0 spiro atoms. The van der Waals surface area contributed by atoms with Crippen LogP contribution in [0.5, 0.6) is 0 Å². The zero-order chi connectivity index (χ0) is 20.0. The summed E-state index contributed by atoms with van der Waals surface area (Å²) in [5.74, 6) is 0.501. The highest BCUT2D eigenvalue weighted by Gasteiger charge is 2.47. The number of amides is 2. The van der Waals surface area contributed by atoms with Gasteiger partial charge in [-0.05, 0) is 42.5 Å². The summed E-state index contributed by atoms with van der Waals surface area (Å²) < 4.78 is 0. The maximum atomic E-state index is 12.5. The molecule has 1 aromatic carbocycles. The van der Waals surface area contributed by atoms with Crippen LogP contribution in [0.25, 0.3) is 0 Å². The topological polar surface area (TPSA) is 101 Å². The van der Waals surface area contributed by atoms with Crippen molar-refractivity contribution in [1.82, 2.24) is 9.97 Å². The van der Waals surface area contributed by atoms with Crippen molar-refractivity contribution in [2.45, 2.75) is 38.8 Å². The van der Waals surface area contributed by atoms with Crippen molar-refractivity contribution in [3.05, 3.63) is 46.7 Å². The second kappa shape index (κ2) is 7.05. The largest absolute Gasteiger partial charge is 0.366 e. The predicted molar refractivity (Wildman–Crippen MR) is 107 cm³/mol. The van der Waals surface area contributed by atoms with Crippen LogP contribution in [0.4, 0.5) is 11.6 Å². The molecule has 28 heavy (non-hydrogen) atoms. The van der Waals surface area contributed by atoms with Crippen LogP contribution in [0.15, 0.2) is 30.6 Å². The lowest BCUT2D eigenvalue weighted by molar-refractivity contribution is -0.117. The lowest BCUT2D eigenvalue weighted by Crippen LogP contribution is -2.51. The minimum absolute atomic E-state index is 0.00184. The van der Waals surface area contributed by atoms with E-state index in [2.05, 4.69) is 22.2 Å². The van der Waals surface area contributed by atoms with Crippen LogP contribution in [0.1, 0.15) is 48.7 Å². The van der Waals surface area contributed by atoms with E-state index < -0.39 is 5.91 Å². The van der Waals surface area contributed by atoms with Gasteiger partial charge in [0, 0.05) is 30.1 Å². The number of primary amides is 1. The van der Waals surface area contributed by atoms with Gasteiger partial charge in [0.1, 0.15) is 0 Å². The molecule has 3 atom stereocenters. The second-order valence-corrected chi connectivity index (χ2v) is 8.00. The molecule has 1 aliphatic heterocycles. The van der Waals surface area contributed by atoms with E-state index in [0.29, 0.717) is 22.5 Å². The molecule has 0 unspecified atom stereocenters. The summed E-state index contributed by atoms with van der Waals surface area (Å²) in [6.45, 7) is 3.70. The molecular weight excluding hydrogens is 378 g/mol. The third kappa shape index (κ3) is 3.30. The van der Waals surface area contributed by atoms with Gasteiger partial charge in [-0.25, -0.2) is 9.97 Å². The molecule has 0 bridgehead atoms. The van der Waals surface area contributed by atoms with Crippen LogP contribution < -0.4 is 16.0 Å². The maximum absolute atomic E-state index is 12.5. The van der Waals surface area contributed by atoms with E-state index >= 15 is 0 Å². The minimum Gasteiger partial charge on any atom is -0.366 e. The lowest BCUT2D eigenvalue weighted by atomic mass is 9.79. The number of hydrogen-bond acceptors (Lipinski definition) is 5. The number of anilines is 2. The van der Waals surface area contributed by atoms with Crippen LogP contribution in [-0.2, 0) is 4.79 Å². The van der Waals surface area contributed by atoms with Crippen LogP contribution >= 0.6 is 11.6 Å². The number of halogens is 1. The van der Waals surface area contributed by atoms with Gasteiger partial charge >= 0.3 is 0 Å². The Morgan fingerprint density at radius 2 is 1.93 bits per heavy atom. The molecule has 0 radical (unpaired) electrons. The Balaban J connectivity index is 1.82. The summed E-state index contributed by atoms with van der Waals surface area (Å²) in [6.07, 6.45) is 5.28. The number of nitrogens with zero attached hydrogens (tertiary/aromatic N) is 3. The quantitative estimate of drug-likeness (QED) is 0.822. The van der Waals surface area contributed by atoms with Crippen molar-refractivity contribution in [2.75, 3.05) is 10.2 Å². The highest BCUT2D eigenvalue weighted by molar-refractivity contribution is 6.30. The standard InChI is InChI=1S/C20H22ClN5O2/c1-10-17(25-20-23-8-14(21)9-24-20)15-7-13(19(22)28)5-6-16(15)26(11(2)27)18(10)12-3-4-12/h5-10,12,17-18H,3-4H2,1-2H3,(H2,22,28)(H,23,24,25)/t10-,17-,18-/m1/s1. The van der Waals surface area contributed by atoms with Crippen LogP contribution in [0.2, 0.25) is 5.02 Å². The fraction of sp³-hybridized carbons (Fsp3) is 0.400. The lowest BCUT2D eigenvalue weighted by Gasteiger charge is -2.45. The zero-order valence-corrected chi connectivity index (χ0v) is 16.5. The molecule has 8 heteroatoms. The fourth-order valence-electron chi connectivity index (χ4n) is 4.24. The molecule has 2 aliphatic rings. The molecule has 2 heterocycles. The van der Waals surface area contributed by atoms with Crippen molar-refractivity contribution >= 4 is 35.1 Å². The van der Waals surface area contributed by atoms with Crippen molar-refractivity contribution in [1.29, 1.82) is 0 Å². The van der Waals surface area contributed by atoms with Crippen LogP contribution in [0.3, 0.4) is 0 Å². The van der Waals surface area contributed by atoms with Gasteiger partial charge < -0.3 is 16.0 Å². The van der Waals surface area contributed by atoms with Crippen molar-refractivity contribution in [3.63, 3.8) is 0 Å². The van der Waals surface area contributed by atoms with E-state index in [1.54, 1.807) is 19.1 Å². The van der Waals surface area contributed by atoms with Gasteiger partial charge in [-0.15, -0.1) is 0 Å². The van der Waals surface area contributed by atoms with Gasteiger partial charge in [-0.3, -0.25) is 9.59 Å². The summed E-state index contributed by atoms with van der Waals surface area (Å²) in [4.78, 5) is 34.7. The normalized spacial score (nSPS) is 23.8. The molecule has 1 saturated carbocycles. The molecule has 0 saturated heterocycles. The van der Waals surface area contributed by atoms with Gasteiger partial charge in [-0.2, -0.15) is 0 Å². The van der Waals surface area contributed by atoms with Gasteiger partial charge in [0.15, 0.2) is 0 Å². The predicted octanol–water partition coefficient (Wildman–Crippen LogP) is 3.16. The van der Waals surface area contributed by atoms with Crippen LogP contribution in [0, 0.1) is 11.8 Å². The first-order valence-electron chi connectivity index (χ1n) is 9.34. The van der Waals surface area contributed by atoms with Gasteiger partial charge in [-0.1, -0.05) is 18.5 Å². The number of nitrogens with one attached hydrogen (secondary N) is 1. The zero-order valence-electron chi connectivity index (χ0n) is 15.7. The first kappa shape index (κ1) is 18.7. The van der Waals surface area contributed by atoms with Gasteiger partial charge in [0.2, 0.25) is 17.8 Å². The summed E-state index contributed by atoms with van der Waals surface area (Å²) in [5, 5.41) is 3.84. The van der Waals surface area contributed by atoms with E-state index in [1.165, 1.54) is 12.4 Å². The third-order valence-corrected chi connectivity index (χ3v) is 5.81. The fourth-order valence-corrected chi connectivity index (χ4v) is 4.34. The Bertz CT molecular complexity index is 929. The van der Waals surface area contributed by atoms with Gasteiger partial charge in [0.25, 0.3) is 0 Å². The molecule has 1 aromatic heterocycles. The van der Waals surface area contributed by atoms with Crippen molar-refractivity contribution in [2.24, 2.45) is 17.6 Å². The molecule has 2 amide bonds. The number of nitrogens with two attached hydrogens (primary N) is 1. The molecule has 1 fully saturated rings. The van der Waals surface area contributed by atoms with Crippen molar-refractivity contribution < 1.29 is 9.59 Å². The first-order chi connectivity index (χ1) is 13.4. The molecular formula is C20H22ClN5O2. The highest BCUT2D eigenvalue weighted by atomic mass is 35.5. The number of carbonyl (C=O) groups is 2. The Morgan fingerprint density at radius 1 is 1.25 bits per heavy atom. The Labute approximate surface area is 168 Å². The number of hydrogen-bond donors (Lipinski definition) is 2. The average Bonchev–Trinajstić information content (AvgIpc) is 3.49. The molecule has 2 aromatic rings. The number of aromatic nitrogens is 2. The molecule has 4 rings (SSSR count). The van der Waals surface area contributed by atoms with Crippen molar-refractivity contribution in [3.8, 4) is 0 Å². The Morgan fingerprint density at radius 3 is 2.50 bits per heavy atom. The van der Waals surface area contributed by atoms with E-state index in [0.717, 1.165) is 24.1 Å². The first-order valence-corrected chi connectivity index (χ1v) is 9.72. The maximum Gasteiger partial charge on any atom is 0.248 e. The Kier molecular flexibility index (Phi) is 4.71. The SMILES string of the molecule is CC(=O)N1c2ccc(C(N)=O)cc2[C@H](Nc2ncc(Cl)cn2)[C@@H](C)[C@@H]1C1CC1. The molecule has 7 nitrogen and oxygen atoms in total. The number of carbonyl (C=O) groups excluding carboxylic acids is 2. The van der Waals surface area contributed by atoms with E-state index in [-0.39, 0.29) is 23.9 Å². The summed E-state index contributed by atoms with van der Waals surface area (Å²) in [7, 11) is 0. The number of rotatable bonds is 4. The van der Waals surface area contributed by atoms with Crippen LogP contribution in [-0.4, -0.2) is 27.8 Å². The summed E-state index contributed by atoms with van der Waals surface area (Å²) in [5.41, 5.74) is 7.55. The van der Waals surface area contributed by atoms with Gasteiger partial charge in [0.05, 0.1) is 23.5 Å². The molecule has 1 aliphatic carbocycles. The number of fused-ring (bicyclic) bond motifs is 1. The van der Waals surface area contributed by atoms with E-state index in [1.807, 2.05) is 11.0 Å². The van der Waals surface area contributed by atoms with E-state index in [9.17, 15) is 9.59 Å². The molecule has 3 N–H and O–H groups in total. The third-order valence-electron chi connectivity index (χ3n) is 5.62. The average molecular weight is 400 g/mol. The number of benzene rings is 1. The smallest absolute Gasteiger partial charge is 0.248 e. The summed E-state index contributed by atoms with van der Waals surface area (Å²) in [6, 6.07) is 5.16. The monoisotopic (exact) mass is 399 g/mol. The minimum atomic E-state index is -0.504. The Hall–Kier alpha value is -2.67. The van der Waals surface area contributed by atoms with E-state index in [4.69, 9.17) is 17.3 Å². The highest BCUT2D eigenvalue weighted by Crippen LogP contribution is 2.50. The summed E-state index contributed by atoms with van der Waals surface area (Å²) >= 11 is 5.90. The molecule has 146 valence electrons.